The maximum atomic E-state index is 13.1. The number of rotatable bonds is 7. The fraction of sp³-hybridized carbons (Fsp3) is 0.364. The van der Waals surface area contributed by atoms with Crippen molar-refractivity contribution in [1.29, 1.82) is 0 Å². The molecule has 1 heterocycles. The molecule has 0 spiro atoms. The molecule has 7 heteroatoms. The normalized spacial score (nSPS) is 16.8. The van der Waals surface area contributed by atoms with E-state index < -0.39 is 10.0 Å². The van der Waals surface area contributed by atoms with Gasteiger partial charge < -0.3 is 0 Å². The predicted molar refractivity (Wildman–Crippen MR) is 116 cm³/mol. The average Bonchev–Trinajstić information content (AvgIpc) is 3.14. The minimum atomic E-state index is -3.37. The van der Waals surface area contributed by atoms with Crippen LogP contribution in [-0.2, 0) is 14.8 Å². The molecule has 1 aliphatic heterocycles. The van der Waals surface area contributed by atoms with E-state index >= 15 is 0 Å². The third-order valence-corrected chi connectivity index (χ3v) is 5.76. The summed E-state index contributed by atoms with van der Waals surface area (Å²) in [7, 11) is -3.37. The van der Waals surface area contributed by atoms with Crippen molar-refractivity contribution in [1.82, 2.24) is 5.01 Å². The van der Waals surface area contributed by atoms with Crippen LogP contribution in [0.15, 0.2) is 59.7 Å². The largest absolute Gasteiger partial charge is 0.284 e. The Bertz CT molecular complexity index is 999. The van der Waals surface area contributed by atoms with E-state index in [9.17, 15) is 13.2 Å². The van der Waals surface area contributed by atoms with Crippen molar-refractivity contribution in [3.05, 3.63) is 65.7 Å². The summed E-state index contributed by atoms with van der Waals surface area (Å²) in [5.74, 6) is -0.0354. The number of carbonyl (C=O) groups excluding carboxylic acids is 1. The fourth-order valence-electron chi connectivity index (χ4n) is 3.62. The second-order valence-electron chi connectivity index (χ2n) is 7.33. The smallest absolute Gasteiger partial charge is 0.246 e. The van der Waals surface area contributed by atoms with Gasteiger partial charge in [-0.3, -0.25) is 9.52 Å². The van der Waals surface area contributed by atoms with Crippen LogP contribution in [0.3, 0.4) is 0 Å². The van der Waals surface area contributed by atoms with Gasteiger partial charge in [0.2, 0.25) is 15.9 Å². The highest BCUT2D eigenvalue weighted by atomic mass is 32.2. The summed E-state index contributed by atoms with van der Waals surface area (Å²) in [6, 6.07) is 16.9. The molecule has 0 aliphatic carbocycles. The molecule has 1 aliphatic rings. The van der Waals surface area contributed by atoms with Crippen molar-refractivity contribution < 1.29 is 13.2 Å². The summed E-state index contributed by atoms with van der Waals surface area (Å²) in [6.45, 7) is 4.04. The van der Waals surface area contributed by atoms with Crippen molar-refractivity contribution in [3.63, 3.8) is 0 Å². The SMILES string of the molecule is CCC(CC)C(=O)N1N=C(c2cccc(NS(C)(=O)=O)c2)CC1c1ccccc1. The molecule has 0 saturated heterocycles. The second kappa shape index (κ2) is 8.78. The molecule has 154 valence electrons. The molecule has 2 aromatic rings. The summed E-state index contributed by atoms with van der Waals surface area (Å²) in [5.41, 5.74) is 3.10. The van der Waals surface area contributed by atoms with E-state index in [-0.39, 0.29) is 17.9 Å². The molecule has 0 radical (unpaired) electrons. The van der Waals surface area contributed by atoms with Crippen LogP contribution >= 0.6 is 0 Å². The lowest BCUT2D eigenvalue weighted by Gasteiger charge is -2.25. The number of anilines is 1. The van der Waals surface area contributed by atoms with E-state index in [1.165, 1.54) is 0 Å². The van der Waals surface area contributed by atoms with Gasteiger partial charge in [0, 0.05) is 18.0 Å². The first-order valence-electron chi connectivity index (χ1n) is 9.86. The van der Waals surface area contributed by atoms with E-state index in [0.29, 0.717) is 12.1 Å². The Labute approximate surface area is 172 Å². The number of nitrogens with zero attached hydrogens (tertiary/aromatic N) is 2. The number of benzene rings is 2. The number of amides is 1. The Morgan fingerprint density at radius 1 is 1.14 bits per heavy atom. The summed E-state index contributed by atoms with van der Waals surface area (Å²) < 4.78 is 25.6. The molecule has 0 fully saturated rings. The van der Waals surface area contributed by atoms with Gasteiger partial charge in [-0.1, -0.05) is 56.3 Å². The second-order valence-corrected chi connectivity index (χ2v) is 9.08. The number of hydrogen-bond donors (Lipinski definition) is 1. The van der Waals surface area contributed by atoms with Crippen LogP contribution in [0.1, 0.15) is 50.3 Å². The van der Waals surface area contributed by atoms with Gasteiger partial charge in [-0.05, 0) is 36.1 Å². The highest BCUT2D eigenvalue weighted by Gasteiger charge is 2.35. The van der Waals surface area contributed by atoms with Gasteiger partial charge in [-0.2, -0.15) is 5.10 Å². The van der Waals surface area contributed by atoms with E-state index in [1.54, 1.807) is 23.2 Å². The van der Waals surface area contributed by atoms with Gasteiger partial charge in [0.15, 0.2) is 0 Å². The molecule has 3 rings (SSSR count). The summed E-state index contributed by atoms with van der Waals surface area (Å²) >= 11 is 0. The molecule has 29 heavy (non-hydrogen) atoms. The lowest BCUT2D eigenvalue weighted by molar-refractivity contribution is -0.137. The number of hydrazone groups is 1. The third-order valence-electron chi connectivity index (χ3n) is 5.15. The van der Waals surface area contributed by atoms with Crippen LogP contribution in [0.25, 0.3) is 0 Å². The Morgan fingerprint density at radius 3 is 2.45 bits per heavy atom. The quantitative estimate of drug-likeness (QED) is 0.740. The zero-order valence-electron chi connectivity index (χ0n) is 17.0. The average molecular weight is 414 g/mol. The van der Waals surface area contributed by atoms with Gasteiger partial charge in [-0.15, -0.1) is 0 Å². The molecule has 0 aromatic heterocycles. The molecule has 1 atom stereocenters. The topological polar surface area (TPSA) is 78.8 Å². The van der Waals surface area contributed by atoms with E-state index in [0.717, 1.165) is 35.9 Å². The highest BCUT2D eigenvalue weighted by Crippen LogP contribution is 2.35. The number of hydrogen-bond acceptors (Lipinski definition) is 4. The van der Waals surface area contributed by atoms with Crippen LogP contribution in [0.5, 0.6) is 0 Å². The van der Waals surface area contributed by atoms with Crippen molar-refractivity contribution in [3.8, 4) is 0 Å². The van der Waals surface area contributed by atoms with E-state index in [2.05, 4.69) is 4.72 Å². The molecular weight excluding hydrogens is 386 g/mol. The molecule has 0 saturated carbocycles. The molecule has 2 aromatic carbocycles. The number of carbonyl (C=O) groups is 1. The van der Waals surface area contributed by atoms with Crippen LogP contribution in [0, 0.1) is 5.92 Å². The van der Waals surface area contributed by atoms with Gasteiger partial charge in [0.25, 0.3) is 0 Å². The van der Waals surface area contributed by atoms with Crippen LogP contribution in [-0.4, -0.2) is 31.3 Å². The zero-order valence-corrected chi connectivity index (χ0v) is 17.8. The summed E-state index contributed by atoms with van der Waals surface area (Å²) in [4.78, 5) is 13.1. The minimum absolute atomic E-state index is 0.0317. The number of nitrogens with one attached hydrogen (secondary N) is 1. The fourth-order valence-corrected chi connectivity index (χ4v) is 4.18. The van der Waals surface area contributed by atoms with Crippen molar-refractivity contribution in [2.45, 2.75) is 39.2 Å². The molecule has 0 bridgehead atoms. The Morgan fingerprint density at radius 2 is 1.83 bits per heavy atom. The van der Waals surface area contributed by atoms with Crippen LogP contribution in [0.2, 0.25) is 0 Å². The number of sulfonamides is 1. The van der Waals surface area contributed by atoms with E-state index in [4.69, 9.17) is 5.10 Å². The van der Waals surface area contributed by atoms with Gasteiger partial charge in [0.1, 0.15) is 0 Å². The first-order chi connectivity index (χ1) is 13.8. The van der Waals surface area contributed by atoms with E-state index in [1.807, 2.05) is 50.2 Å². The zero-order chi connectivity index (χ0) is 21.0. The standard InChI is InChI=1S/C22H27N3O3S/c1-4-16(5-2)22(26)25-21(17-10-7-6-8-11-17)15-20(23-25)18-12-9-13-19(14-18)24-29(3,27)28/h6-14,16,21,24H,4-5,15H2,1-3H3. The Balaban J connectivity index is 1.96. The Hall–Kier alpha value is -2.67. The highest BCUT2D eigenvalue weighted by molar-refractivity contribution is 7.92. The van der Waals surface area contributed by atoms with Gasteiger partial charge in [0.05, 0.1) is 18.0 Å². The summed E-state index contributed by atoms with van der Waals surface area (Å²) in [6.07, 6.45) is 3.24. The molecule has 1 N–H and O–H groups in total. The maximum absolute atomic E-state index is 13.1. The lowest BCUT2D eigenvalue weighted by atomic mass is 9.96. The maximum Gasteiger partial charge on any atom is 0.246 e. The van der Waals surface area contributed by atoms with Crippen molar-refractivity contribution in [2.24, 2.45) is 11.0 Å². The molecule has 1 unspecified atom stereocenters. The first-order valence-corrected chi connectivity index (χ1v) is 11.7. The minimum Gasteiger partial charge on any atom is -0.284 e. The molecule has 1 amide bonds. The van der Waals surface area contributed by atoms with Crippen LogP contribution < -0.4 is 4.72 Å². The lowest BCUT2D eigenvalue weighted by Crippen LogP contribution is -2.32. The van der Waals surface area contributed by atoms with Crippen LogP contribution in [0.4, 0.5) is 5.69 Å². The first kappa shape index (κ1) is 21.0. The third kappa shape index (κ3) is 5.03. The van der Waals surface area contributed by atoms with Crippen molar-refractivity contribution in [2.75, 3.05) is 11.0 Å². The predicted octanol–water partition coefficient (Wildman–Crippen LogP) is 4.17. The Kier molecular flexibility index (Phi) is 6.37. The monoisotopic (exact) mass is 413 g/mol. The van der Waals surface area contributed by atoms with Crippen molar-refractivity contribution >= 4 is 27.3 Å². The molecule has 6 nitrogen and oxygen atoms in total. The van der Waals surface area contributed by atoms with Gasteiger partial charge >= 0.3 is 0 Å². The van der Waals surface area contributed by atoms with Gasteiger partial charge in [-0.25, -0.2) is 13.4 Å². The summed E-state index contributed by atoms with van der Waals surface area (Å²) in [5, 5.41) is 6.32. The molecular formula is C22H27N3O3S.